The van der Waals surface area contributed by atoms with Gasteiger partial charge in [0.1, 0.15) is 28.0 Å². The fourth-order valence-corrected chi connectivity index (χ4v) is 7.28. The third-order valence-corrected chi connectivity index (χ3v) is 9.26. The summed E-state index contributed by atoms with van der Waals surface area (Å²) in [7, 11) is -3.05. The average Bonchev–Trinajstić information content (AvgIpc) is 3.22. The van der Waals surface area contributed by atoms with Crippen molar-refractivity contribution >= 4 is 33.8 Å². The van der Waals surface area contributed by atoms with Crippen molar-refractivity contribution < 1.29 is 76.0 Å². The number of ether oxygens (including phenoxy) is 1. The van der Waals surface area contributed by atoms with E-state index in [9.17, 15) is 27.2 Å². The Hall–Kier alpha value is -1.83. The molecule has 4 rings (SSSR count). The molecule has 0 N–H and O–H groups in total. The number of rotatable bonds is 8. The summed E-state index contributed by atoms with van der Waals surface area (Å²) in [6, 6.07) is 8.28. The number of nitrogens with zero attached hydrogens (tertiary/aromatic N) is 2. The first-order valence-electron chi connectivity index (χ1n) is 13.0. The molecule has 2 aliphatic rings. The van der Waals surface area contributed by atoms with Gasteiger partial charge in [-0.25, -0.2) is 17.6 Å². The fraction of sp³-hybridized carbons (Fsp3) is 0.483. The van der Waals surface area contributed by atoms with Crippen molar-refractivity contribution in [1.82, 2.24) is 0 Å². The monoisotopic (exact) mass is 784 g/mol. The predicted octanol–water partition coefficient (Wildman–Crippen LogP) is 5.14. The number of cyclic esters (lactones) is 1. The van der Waals surface area contributed by atoms with Gasteiger partial charge in [-0.3, -0.25) is 9.69 Å². The number of sulfone groups is 1. The van der Waals surface area contributed by atoms with Gasteiger partial charge in [-0.1, -0.05) is 38.1 Å². The molecule has 213 valence electrons. The van der Waals surface area contributed by atoms with Crippen LogP contribution in [0.1, 0.15) is 71.6 Å². The largest absolute Gasteiger partial charge is 0.650 e. The van der Waals surface area contributed by atoms with Crippen LogP contribution in [-0.2, 0) is 24.8 Å². The van der Waals surface area contributed by atoms with Crippen LogP contribution in [0.15, 0.2) is 30.3 Å². The van der Waals surface area contributed by atoms with Crippen molar-refractivity contribution in [1.29, 1.82) is 0 Å². The number of anilines is 1. The molecule has 2 amide bonds. The van der Waals surface area contributed by atoms with Crippen LogP contribution in [0.2, 0.25) is 0 Å². The van der Waals surface area contributed by atoms with Crippen LogP contribution in [0, 0.1) is 63.7 Å². The van der Waals surface area contributed by atoms with Gasteiger partial charge in [-0.2, -0.15) is 0 Å². The number of hydrogen-bond donors (Lipinski definition) is 0. The minimum Gasteiger partial charge on any atom is -0.650 e. The molecule has 1 atom stereocenters. The Morgan fingerprint density at radius 1 is 1.18 bits per heavy atom. The summed E-state index contributed by atoms with van der Waals surface area (Å²) in [5, 5.41) is 4.13. The topological polar surface area (TPSA) is 112 Å². The predicted molar refractivity (Wildman–Crippen MR) is 147 cm³/mol. The summed E-state index contributed by atoms with van der Waals surface area (Å²) in [5.74, 6) is -0.948. The summed E-state index contributed by atoms with van der Waals surface area (Å²) in [5.41, 5.74) is 3.41. The van der Waals surface area contributed by atoms with E-state index < -0.39 is 33.3 Å². The standard InChI is InChI=1S/C29H35FN2O6S.Ac/c1-18-11-19(2)27(21(12-18)17-33)29(3,4)14-26(34)31-15-23-16-32(28(35)38-23)22-5-6-24(25(30)13-22)20-7-9-39(36,37)10-8-20;/h5-6,11-13,17,20,23H,7-10,14-16H2,1-4H3,(H,31,34);/p-1/t23-;/m0./s1. The molecule has 2 saturated heterocycles. The molecule has 2 aliphatic heterocycles. The van der Waals surface area contributed by atoms with E-state index in [4.69, 9.17) is 4.74 Å². The van der Waals surface area contributed by atoms with Crippen LogP contribution < -0.4 is 4.90 Å². The molecule has 1 radical (unpaired) electrons. The first-order chi connectivity index (χ1) is 18.3. The maximum atomic E-state index is 14.9. The molecule has 0 spiro atoms. The van der Waals surface area contributed by atoms with Gasteiger partial charge >= 0.3 is 6.09 Å². The van der Waals surface area contributed by atoms with E-state index in [2.05, 4.69) is 5.32 Å². The van der Waals surface area contributed by atoms with Gasteiger partial charge in [-0.15, -0.1) is 0 Å². The first-order valence-corrected chi connectivity index (χ1v) is 14.9. The number of carbonyl (C=O) groups is 3. The second-order valence-corrected chi connectivity index (χ2v) is 13.5. The van der Waals surface area contributed by atoms with E-state index in [1.165, 1.54) is 11.0 Å². The molecule has 0 aliphatic carbocycles. The SMILES string of the molecule is Cc1cc(C)c(C(C)(C)CC(=O)[N-]C[C@H]2CN(c3ccc(C4CCS(=O)(=O)CC4)c(F)c3)C(=O)O2)c(C=O)c1.[Ac]. The smallest absolute Gasteiger partial charge is 0.414 e. The number of amides is 2. The molecule has 0 saturated carbocycles. The van der Waals surface area contributed by atoms with Crippen molar-refractivity contribution in [2.75, 3.05) is 29.5 Å². The van der Waals surface area contributed by atoms with Crippen molar-refractivity contribution in [2.45, 2.75) is 64.4 Å². The van der Waals surface area contributed by atoms with E-state index >= 15 is 0 Å². The number of hydrogen-bond acceptors (Lipinski definition) is 6. The molecule has 8 nitrogen and oxygen atoms in total. The van der Waals surface area contributed by atoms with Gasteiger partial charge < -0.3 is 14.8 Å². The number of benzene rings is 2. The molecule has 2 fully saturated rings. The van der Waals surface area contributed by atoms with Crippen LogP contribution in [0.4, 0.5) is 14.9 Å². The van der Waals surface area contributed by atoms with Crippen molar-refractivity contribution in [3.8, 4) is 0 Å². The average molecular weight is 785 g/mol. The Kier molecular flexibility index (Phi) is 10.6. The third-order valence-electron chi connectivity index (χ3n) is 7.54. The van der Waals surface area contributed by atoms with E-state index in [1.54, 1.807) is 18.2 Å². The van der Waals surface area contributed by atoms with E-state index in [-0.39, 0.29) is 86.9 Å². The Balaban J connectivity index is 0.00000441. The van der Waals surface area contributed by atoms with Crippen molar-refractivity contribution in [2.24, 2.45) is 0 Å². The first kappa shape index (κ1) is 32.7. The summed E-state index contributed by atoms with van der Waals surface area (Å²) < 4.78 is 43.7. The molecule has 0 bridgehead atoms. The van der Waals surface area contributed by atoms with Crippen LogP contribution in [0.5, 0.6) is 0 Å². The molecule has 2 aromatic rings. The Morgan fingerprint density at radius 3 is 2.48 bits per heavy atom. The normalized spacial score (nSPS) is 19.1. The van der Waals surface area contributed by atoms with Gasteiger partial charge in [0.25, 0.3) is 0 Å². The second kappa shape index (κ2) is 13.0. The number of halogens is 1. The van der Waals surface area contributed by atoms with E-state index in [0.717, 1.165) is 23.0 Å². The number of carbonyl (C=O) groups excluding carboxylic acids is 3. The molecule has 2 heterocycles. The van der Waals surface area contributed by atoms with E-state index in [1.807, 2.05) is 33.8 Å². The molecule has 11 heteroatoms. The zero-order valence-electron chi connectivity index (χ0n) is 23.3. The second-order valence-electron chi connectivity index (χ2n) is 11.2. The molecule has 40 heavy (non-hydrogen) atoms. The number of aryl methyl sites for hydroxylation is 2. The van der Waals surface area contributed by atoms with Crippen molar-refractivity contribution in [3.63, 3.8) is 0 Å². The summed E-state index contributed by atoms with van der Waals surface area (Å²) in [6.07, 6.45) is 0.321. The maximum absolute atomic E-state index is 14.9. The van der Waals surface area contributed by atoms with Crippen LogP contribution in [-0.4, -0.2) is 57.4 Å². The Bertz CT molecular complexity index is 1400. The minimum absolute atomic E-state index is 0. The minimum atomic E-state index is -3.05. The molecular formula is C29H34AcFN2O6S-. The quantitative estimate of drug-likeness (QED) is 0.343. The number of aldehydes is 1. The molecular weight excluding hydrogens is 750 g/mol. The van der Waals surface area contributed by atoms with Gasteiger partial charge in [-0.05, 0) is 79.3 Å². The summed E-state index contributed by atoms with van der Waals surface area (Å²) in [6.45, 7) is 7.71. The van der Waals surface area contributed by atoms with Crippen LogP contribution in [0.3, 0.4) is 0 Å². The third kappa shape index (κ3) is 7.51. The van der Waals surface area contributed by atoms with Crippen molar-refractivity contribution in [3.05, 3.63) is 69.3 Å². The zero-order valence-corrected chi connectivity index (χ0v) is 28.8. The van der Waals surface area contributed by atoms with E-state index in [0.29, 0.717) is 29.7 Å². The molecule has 0 unspecified atom stereocenters. The maximum Gasteiger partial charge on any atom is 0.414 e. The Labute approximate surface area is 270 Å². The van der Waals surface area contributed by atoms with Crippen LogP contribution in [0.25, 0.3) is 5.32 Å². The molecule has 0 aromatic heterocycles. The fourth-order valence-electron chi connectivity index (χ4n) is 5.79. The Morgan fingerprint density at radius 2 is 1.85 bits per heavy atom. The van der Waals surface area contributed by atoms with Gasteiger partial charge in [0.2, 0.25) is 0 Å². The van der Waals surface area contributed by atoms with Crippen LogP contribution >= 0.6 is 0 Å². The van der Waals surface area contributed by atoms with Gasteiger partial charge in [0.15, 0.2) is 0 Å². The molecule has 2 aromatic carbocycles. The van der Waals surface area contributed by atoms with Gasteiger partial charge in [0.05, 0.1) is 29.6 Å². The summed E-state index contributed by atoms with van der Waals surface area (Å²) >= 11 is 0. The zero-order chi connectivity index (χ0) is 28.5. The summed E-state index contributed by atoms with van der Waals surface area (Å²) in [4.78, 5) is 38.3. The van der Waals surface area contributed by atoms with Gasteiger partial charge in [0, 0.05) is 49.6 Å².